The lowest BCUT2D eigenvalue weighted by atomic mass is 10.0. The number of halogens is 1. The molecule has 1 aromatic rings. The number of aliphatic hydroxyl groups excluding tert-OH is 1. The molecule has 1 N–H and O–H groups in total. The number of hydrogen-bond acceptors (Lipinski definition) is 2. The molecule has 0 saturated heterocycles. The molecule has 1 rings (SSSR count). The minimum absolute atomic E-state index is 0.326. The summed E-state index contributed by atoms with van der Waals surface area (Å²) in [5.74, 6) is 1.32. The van der Waals surface area contributed by atoms with Gasteiger partial charge in [-0.3, -0.25) is 0 Å². The number of hydrogen-bond donors (Lipinski definition) is 1. The van der Waals surface area contributed by atoms with Gasteiger partial charge in [-0.15, -0.1) is 0 Å². The van der Waals surface area contributed by atoms with Gasteiger partial charge in [0.15, 0.2) is 0 Å². The molecule has 0 amide bonds. The van der Waals surface area contributed by atoms with E-state index in [9.17, 15) is 5.11 Å². The molecule has 0 aliphatic carbocycles. The van der Waals surface area contributed by atoms with E-state index >= 15 is 0 Å². The van der Waals surface area contributed by atoms with Crippen molar-refractivity contribution in [2.24, 2.45) is 0 Å². The van der Waals surface area contributed by atoms with E-state index in [0.717, 1.165) is 5.75 Å². The first kappa shape index (κ1) is 12.5. The Hall–Kier alpha value is -0.540. The summed E-state index contributed by atoms with van der Waals surface area (Å²) >= 11 is 3.20. The van der Waals surface area contributed by atoms with Gasteiger partial charge in [0.25, 0.3) is 0 Å². The molecule has 1 aromatic carbocycles. The summed E-state index contributed by atoms with van der Waals surface area (Å²) in [7, 11) is 0. The van der Waals surface area contributed by atoms with Crippen LogP contribution in [0.15, 0.2) is 24.3 Å². The van der Waals surface area contributed by atoms with Gasteiger partial charge in [0.1, 0.15) is 12.4 Å². The fourth-order valence-corrected chi connectivity index (χ4v) is 1.39. The summed E-state index contributed by atoms with van der Waals surface area (Å²) in [4.78, 5) is 0. The highest BCUT2D eigenvalue weighted by Gasteiger charge is 2.04. The summed E-state index contributed by atoms with van der Waals surface area (Å²) in [6, 6.07) is 7.99. The molecule has 1 unspecified atom stereocenters. The van der Waals surface area contributed by atoms with E-state index in [0.29, 0.717) is 17.9 Å². The molecule has 0 aromatic heterocycles. The van der Waals surface area contributed by atoms with Crippen LogP contribution < -0.4 is 4.74 Å². The maximum Gasteiger partial charge on any atom is 0.119 e. The number of aliphatic hydroxyl groups is 1. The highest BCUT2D eigenvalue weighted by atomic mass is 79.9. The van der Waals surface area contributed by atoms with Crippen LogP contribution in [-0.2, 0) is 0 Å². The molecule has 0 heterocycles. The third kappa shape index (κ3) is 4.22. The van der Waals surface area contributed by atoms with Crippen molar-refractivity contribution >= 4 is 15.9 Å². The zero-order chi connectivity index (χ0) is 11.3. The maximum atomic E-state index is 9.33. The maximum absolute atomic E-state index is 9.33. The first-order chi connectivity index (χ1) is 7.13. The summed E-state index contributed by atoms with van der Waals surface area (Å²) in [6.07, 6.45) is -0.451. The first-order valence-corrected chi connectivity index (χ1v) is 6.22. The predicted octanol–water partition coefficient (Wildman–Crippen LogP) is 2.94. The van der Waals surface area contributed by atoms with Crippen molar-refractivity contribution in [3.63, 3.8) is 0 Å². The summed E-state index contributed by atoms with van der Waals surface area (Å²) in [5, 5.41) is 9.86. The Morgan fingerprint density at radius 2 is 2.13 bits per heavy atom. The van der Waals surface area contributed by atoms with Crippen molar-refractivity contribution in [2.75, 3.05) is 11.9 Å². The van der Waals surface area contributed by atoms with Gasteiger partial charge < -0.3 is 9.84 Å². The minimum Gasteiger partial charge on any atom is -0.491 e. The van der Waals surface area contributed by atoms with Gasteiger partial charge in [-0.25, -0.2) is 0 Å². The Balaban J connectivity index is 2.58. The lowest BCUT2D eigenvalue weighted by molar-refractivity contribution is 0.127. The zero-order valence-corrected chi connectivity index (χ0v) is 10.7. The molecule has 0 fully saturated rings. The molecule has 0 aliphatic rings. The van der Waals surface area contributed by atoms with E-state index in [-0.39, 0.29) is 0 Å². The number of alkyl halides is 1. The number of rotatable bonds is 5. The standard InChI is InChI=1S/C12H17BrO2/c1-9(2)10-4-3-5-12(6-10)15-8-11(14)7-13/h3-6,9,11,14H,7-8H2,1-2H3. The zero-order valence-electron chi connectivity index (χ0n) is 9.11. The molecule has 0 spiro atoms. The van der Waals surface area contributed by atoms with Crippen LogP contribution in [0.5, 0.6) is 5.75 Å². The topological polar surface area (TPSA) is 29.5 Å². The van der Waals surface area contributed by atoms with Crippen molar-refractivity contribution in [1.82, 2.24) is 0 Å². The van der Waals surface area contributed by atoms with Crippen LogP contribution >= 0.6 is 15.9 Å². The second kappa shape index (κ2) is 6.13. The molecular formula is C12H17BrO2. The average Bonchev–Trinajstić information content (AvgIpc) is 2.26. The van der Waals surface area contributed by atoms with E-state index in [4.69, 9.17) is 4.74 Å². The van der Waals surface area contributed by atoms with Crippen molar-refractivity contribution in [2.45, 2.75) is 25.9 Å². The van der Waals surface area contributed by atoms with E-state index in [1.54, 1.807) is 0 Å². The van der Waals surface area contributed by atoms with Crippen LogP contribution in [0.25, 0.3) is 0 Å². The van der Waals surface area contributed by atoms with Crippen molar-refractivity contribution in [3.8, 4) is 5.75 Å². The Labute approximate surface area is 99.4 Å². The Morgan fingerprint density at radius 1 is 1.40 bits per heavy atom. The van der Waals surface area contributed by atoms with Crippen LogP contribution in [-0.4, -0.2) is 23.1 Å². The number of benzene rings is 1. The lowest BCUT2D eigenvalue weighted by Gasteiger charge is -2.11. The molecular weight excluding hydrogens is 256 g/mol. The third-order valence-corrected chi connectivity index (χ3v) is 2.89. The summed E-state index contributed by atoms with van der Waals surface area (Å²) in [6.45, 7) is 4.62. The van der Waals surface area contributed by atoms with E-state index in [2.05, 4.69) is 35.8 Å². The van der Waals surface area contributed by atoms with E-state index < -0.39 is 6.10 Å². The van der Waals surface area contributed by atoms with Gasteiger partial charge in [0, 0.05) is 5.33 Å². The van der Waals surface area contributed by atoms with Crippen LogP contribution in [0.4, 0.5) is 0 Å². The number of ether oxygens (including phenoxy) is 1. The second-order valence-electron chi connectivity index (χ2n) is 3.85. The quantitative estimate of drug-likeness (QED) is 0.836. The average molecular weight is 273 g/mol. The van der Waals surface area contributed by atoms with Gasteiger partial charge >= 0.3 is 0 Å². The molecule has 0 radical (unpaired) electrons. The van der Waals surface area contributed by atoms with Crippen LogP contribution in [0.1, 0.15) is 25.3 Å². The molecule has 15 heavy (non-hydrogen) atoms. The van der Waals surface area contributed by atoms with Crippen molar-refractivity contribution < 1.29 is 9.84 Å². The summed E-state index contributed by atoms with van der Waals surface area (Å²) < 4.78 is 5.47. The van der Waals surface area contributed by atoms with Crippen LogP contribution in [0, 0.1) is 0 Å². The normalized spacial score (nSPS) is 12.9. The van der Waals surface area contributed by atoms with Gasteiger partial charge in [0.2, 0.25) is 0 Å². The van der Waals surface area contributed by atoms with Crippen molar-refractivity contribution in [1.29, 1.82) is 0 Å². The van der Waals surface area contributed by atoms with E-state index in [1.807, 2.05) is 18.2 Å². The SMILES string of the molecule is CC(C)c1cccc(OCC(O)CBr)c1. The fourth-order valence-electron chi connectivity index (χ4n) is 1.20. The van der Waals surface area contributed by atoms with Crippen LogP contribution in [0.3, 0.4) is 0 Å². The highest BCUT2D eigenvalue weighted by Crippen LogP contribution is 2.20. The van der Waals surface area contributed by atoms with Gasteiger partial charge in [-0.05, 0) is 23.6 Å². The molecule has 0 aliphatic heterocycles. The molecule has 3 heteroatoms. The molecule has 2 nitrogen and oxygen atoms in total. The smallest absolute Gasteiger partial charge is 0.119 e. The Kier molecular flexibility index (Phi) is 5.12. The molecule has 84 valence electrons. The van der Waals surface area contributed by atoms with Gasteiger partial charge in [-0.2, -0.15) is 0 Å². The lowest BCUT2D eigenvalue weighted by Crippen LogP contribution is -2.18. The molecule has 0 saturated carbocycles. The fraction of sp³-hybridized carbons (Fsp3) is 0.500. The predicted molar refractivity (Wildman–Crippen MR) is 65.8 cm³/mol. The largest absolute Gasteiger partial charge is 0.491 e. The molecule has 1 atom stereocenters. The van der Waals surface area contributed by atoms with Gasteiger partial charge in [-0.1, -0.05) is 41.9 Å². The Bertz CT molecular complexity index is 299. The Morgan fingerprint density at radius 3 is 2.73 bits per heavy atom. The monoisotopic (exact) mass is 272 g/mol. The van der Waals surface area contributed by atoms with Crippen molar-refractivity contribution in [3.05, 3.63) is 29.8 Å². The second-order valence-corrected chi connectivity index (χ2v) is 4.49. The highest BCUT2D eigenvalue weighted by molar-refractivity contribution is 9.09. The van der Waals surface area contributed by atoms with Gasteiger partial charge in [0.05, 0.1) is 6.10 Å². The first-order valence-electron chi connectivity index (χ1n) is 5.10. The van der Waals surface area contributed by atoms with E-state index in [1.165, 1.54) is 5.56 Å². The third-order valence-electron chi connectivity index (χ3n) is 2.15. The molecule has 0 bridgehead atoms. The van der Waals surface area contributed by atoms with Crippen LogP contribution in [0.2, 0.25) is 0 Å². The minimum atomic E-state index is -0.451. The summed E-state index contributed by atoms with van der Waals surface area (Å²) in [5.41, 5.74) is 1.25.